The van der Waals surface area contributed by atoms with Crippen LogP contribution in [0.3, 0.4) is 0 Å². The molecule has 1 saturated heterocycles. The molecule has 2 aromatic heterocycles. The van der Waals surface area contributed by atoms with Gasteiger partial charge in [-0.2, -0.15) is 0 Å². The molecule has 0 saturated carbocycles. The third kappa shape index (κ3) is 4.83. The van der Waals surface area contributed by atoms with Gasteiger partial charge >= 0.3 is 0 Å². The fourth-order valence-electron chi connectivity index (χ4n) is 3.28. The van der Waals surface area contributed by atoms with Gasteiger partial charge in [-0.3, -0.25) is 9.59 Å². The summed E-state index contributed by atoms with van der Waals surface area (Å²) < 4.78 is 13.4. The van der Waals surface area contributed by atoms with Crippen LogP contribution in [0.2, 0.25) is 5.02 Å². The Kier molecular flexibility index (Phi) is 6.26. The van der Waals surface area contributed by atoms with Crippen molar-refractivity contribution in [2.75, 3.05) is 43.4 Å². The Morgan fingerprint density at radius 1 is 1.12 bits per heavy atom. The van der Waals surface area contributed by atoms with Crippen molar-refractivity contribution in [1.82, 2.24) is 29.7 Å². The number of benzene rings is 1. The minimum absolute atomic E-state index is 0.00864. The number of halogens is 2. The summed E-state index contributed by atoms with van der Waals surface area (Å²) in [5.74, 6) is -0.00111. The van der Waals surface area contributed by atoms with Gasteiger partial charge in [-0.1, -0.05) is 11.6 Å². The third-order valence-corrected chi connectivity index (χ3v) is 5.32. The maximum absolute atomic E-state index is 13.4. The average Bonchev–Trinajstić information content (AvgIpc) is 2.80. The highest BCUT2D eigenvalue weighted by Crippen LogP contribution is 2.25. The summed E-state index contributed by atoms with van der Waals surface area (Å²) in [6, 6.07) is 4.22. The van der Waals surface area contributed by atoms with E-state index in [2.05, 4.69) is 30.6 Å². The summed E-state index contributed by atoms with van der Waals surface area (Å²) in [5.41, 5.74) is 1.45. The van der Waals surface area contributed by atoms with E-state index in [9.17, 15) is 14.0 Å². The smallest absolute Gasteiger partial charge is 0.242 e. The molecule has 0 atom stereocenters. The SMILES string of the molecule is CC(=O)N1CCN(C(=O)CNc2ncc3ncnc(Nc4ccc(F)c(Cl)c4)c3n2)CC1. The Balaban J connectivity index is 1.45. The van der Waals surface area contributed by atoms with E-state index in [4.69, 9.17) is 11.6 Å². The largest absolute Gasteiger partial charge is 0.345 e. The van der Waals surface area contributed by atoms with E-state index >= 15 is 0 Å². The van der Waals surface area contributed by atoms with Crippen LogP contribution in [-0.4, -0.2) is 74.3 Å². The van der Waals surface area contributed by atoms with Crippen molar-refractivity contribution in [2.24, 2.45) is 0 Å². The van der Waals surface area contributed by atoms with Gasteiger partial charge in [0.2, 0.25) is 17.8 Å². The van der Waals surface area contributed by atoms with Gasteiger partial charge in [-0.05, 0) is 18.2 Å². The molecule has 12 heteroatoms. The first-order chi connectivity index (χ1) is 15.4. The zero-order valence-corrected chi connectivity index (χ0v) is 17.9. The van der Waals surface area contributed by atoms with Crippen molar-refractivity contribution in [1.29, 1.82) is 0 Å². The second-order valence-corrected chi connectivity index (χ2v) is 7.55. The molecule has 10 nitrogen and oxygen atoms in total. The standard InChI is InChI=1S/C20H20ClFN8O2/c1-12(31)29-4-6-30(7-5-29)17(32)10-24-20-23-9-16-18(28-20)19(26-11-25-16)27-13-2-3-15(22)14(21)8-13/h2-3,8-9,11H,4-7,10H2,1H3,(H,23,24,28)(H,25,26,27). The first kappa shape index (κ1) is 21.6. The zero-order valence-electron chi connectivity index (χ0n) is 17.2. The van der Waals surface area contributed by atoms with Crippen molar-refractivity contribution < 1.29 is 14.0 Å². The molecule has 2 amide bonds. The van der Waals surface area contributed by atoms with Gasteiger partial charge in [0, 0.05) is 38.8 Å². The fraction of sp³-hybridized carbons (Fsp3) is 0.300. The molecule has 3 aromatic rings. The predicted octanol–water partition coefficient (Wildman–Crippen LogP) is 2.06. The van der Waals surface area contributed by atoms with Crippen LogP contribution >= 0.6 is 11.6 Å². The highest BCUT2D eigenvalue weighted by atomic mass is 35.5. The molecule has 1 aliphatic rings. The van der Waals surface area contributed by atoms with E-state index in [0.717, 1.165) is 0 Å². The van der Waals surface area contributed by atoms with Crippen molar-refractivity contribution in [2.45, 2.75) is 6.92 Å². The second-order valence-electron chi connectivity index (χ2n) is 7.14. The number of amides is 2. The maximum atomic E-state index is 13.4. The van der Waals surface area contributed by atoms with Crippen LogP contribution in [0.25, 0.3) is 11.0 Å². The zero-order chi connectivity index (χ0) is 22.7. The monoisotopic (exact) mass is 458 g/mol. The lowest BCUT2D eigenvalue weighted by molar-refractivity contribution is -0.137. The minimum Gasteiger partial charge on any atom is -0.345 e. The van der Waals surface area contributed by atoms with Gasteiger partial charge in [-0.15, -0.1) is 0 Å². The summed E-state index contributed by atoms with van der Waals surface area (Å²) in [7, 11) is 0. The number of anilines is 3. The van der Waals surface area contributed by atoms with Crippen LogP contribution in [0.4, 0.5) is 21.8 Å². The van der Waals surface area contributed by atoms with Gasteiger partial charge < -0.3 is 20.4 Å². The molecule has 32 heavy (non-hydrogen) atoms. The number of carbonyl (C=O) groups is 2. The van der Waals surface area contributed by atoms with Gasteiger partial charge in [-0.25, -0.2) is 24.3 Å². The molecule has 1 aliphatic heterocycles. The Bertz CT molecular complexity index is 1170. The number of carbonyl (C=O) groups excluding carboxylic acids is 2. The second kappa shape index (κ2) is 9.27. The van der Waals surface area contributed by atoms with Crippen molar-refractivity contribution in [3.63, 3.8) is 0 Å². The summed E-state index contributed by atoms with van der Waals surface area (Å²) in [4.78, 5) is 44.3. The van der Waals surface area contributed by atoms with Crippen LogP contribution in [0.15, 0.2) is 30.7 Å². The van der Waals surface area contributed by atoms with E-state index in [0.29, 0.717) is 48.7 Å². The van der Waals surface area contributed by atoms with Crippen LogP contribution < -0.4 is 10.6 Å². The molecule has 1 fully saturated rings. The molecule has 166 valence electrons. The molecule has 0 radical (unpaired) electrons. The normalized spacial score (nSPS) is 13.8. The first-order valence-electron chi connectivity index (χ1n) is 9.87. The number of hydrogen-bond donors (Lipinski definition) is 2. The van der Waals surface area contributed by atoms with E-state index in [-0.39, 0.29) is 29.3 Å². The lowest BCUT2D eigenvalue weighted by atomic mass is 10.3. The molecule has 0 spiro atoms. The number of hydrogen-bond acceptors (Lipinski definition) is 8. The Labute approximate surface area is 187 Å². The highest BCUT2D eigenvalue weighted by molar-refractivity contribution is 6.31. The first-order valence-corrected chi connectivity index (χ1v) is 10.3. The predicted molar refractivity (Wildman–Crippen MR) is 117 cm³/mol. The number of rotatable bonds is 5. The topological polar surface area (TPSA) is 116 Å². The maximum Gasteiger partial charge on any atom is 0.242 e. The van der Waals surface area contributed by atoms with E-state index in [1.807, 2.05) is 0 Å². The molecule has 2 N–H and O–H groups in total. The van der Waals surface area contributed by atoms with Gasteiger partial charge in [0.05, 0.1) is 17.8 Å². The Morgan fingerprint density at radius 2 is 1.88 bits per heavy atom. The van der Waals surface area contributed by atoms with E-state index in [1.54, 1.807) is 9.80 Å². The summed E-state index contributed by atoms with van der Waals surface area (Å²) in [6.07, 6.45) is 2.88. The van der Waals surface area contributed by atoms with Crippen LogP contribution in [0.1, 0.15) is 6.92 Å². The highest BCUT2D eigenvalue weighted by Gasteiger charge is 2.22. The van der Waals surface area contributed by atoms with Gasteiger partial charge in [0.25, 0.3) is 0 Å². The third-order valence-electron chi connectivity index (χ3n) is 5.04. The van der Waals surface area contributed by atoms with E-state index < -0.39 is 5.82 Å². The number of nitrogens with one attached hydrogen (secondary N) is 2. The van der Waals surface area contributed by atoms with E-state index in [1.165, 1.54) is 37.6 Å². The fourth-order valence-corrected chi connectivity index (χ4v) is 3.46. The molecule has 0 unspecified atom stereocenters. The molecule has 4 rings (SSSR count). The lowest BCUT2D eigenvalue weighted by Gasteiger charge is -2.34. The molecule has 1 aromatic carbocycles. The van der Waals surface area contributed by atoms with Crippen LogP contribution in [0, 0.1) is 5.82 Å². The molecule has 0 bridgehead atoms. The lowest BCUT2D eigenvalue weighted by Crippen LogP contribution is -2.51. The number of aromatic nitrogens is 4. The van der Waals surface area contributed by atoms with Crippen molar-refractivity contribution in [3.8, 4) is 0 Å². The van der Waals surface area contributed by atoms with Crippen LogP contribution in [-0.2, 0) is 9.59 Å². The minimum atomic E-state index is -0.522. The van der Waals surface area contributed by atoms with Gasteiger partial charge in [0.15, 0.2) is 5.82 Å². The Morgan fingerprint density at radius 3 is 2.59 bits per heavy atom. The quantitative estimate of drug-likeness (QED) is 0.596. The van der Waals surface area contributed by atoms with Crippen molar-refractivity contribution >= 4 is 51.9 Å². The van der Waals surface area contributed by atoms with Crippen LogP contribution in [0.5, 0.6) is 0 Å². The summed E-state index contributed by atoms with van der Waals surface area (Å²) >= 11 is 5.84. The summed E-state index contributed by atoms with van der Waals surface area (Å²) in [5, 5.41) is 5.95. The number of fused-ring (bicyclic) bond motifs is 1. The number of piperazine rings is 1. The summed E-state index contributed by atoms with van der Waals surface area (Å²) in [6.45, 7) is 3.55. The average molecular weight is 459 g/mol. The van der Waals surface area contributed by atoms with Crippen molar-refractivity contribution in [3.05, 3.63) is 41.6 Å². The molecular formula is C20H20ClFN8O2. The molecular weight excluding hydrogens is 439 g/mol. The Hall–Kier alpha value is -3.60. The van der Waals surface area contributed by atoms with Gasteiger partial charge in [0.1, 0.15) is 23.2 Å². The number of nitrogens with zero attached hydrogens (tertiary/aromatic N) is 6. The molecule has 0 aliphatic carbocycles. The molecule has 3 heterocycles.